The third kappa shape index (κ3) is 4.83. The standard InChI is InChI=1S/C16H14N4O2S/c17-8-11-3-5-12(6-4-11)9-20-15(21)14-13(2-1-7-19-14)10-23-16(18)22/h1-7H,9-10H2,(H2,18,22)(H,20,21). The van der Waals surface area contributed by atoms with Gasteiger partial charge in [0.25, 0.3) is 11.1 Å². The van der Waals surface area contributed by atoms with Crippen molar-refractivity contribution in [1.82, 2.24) is 10.3 Å². The van der Waals surface area contributed by atoms with Crippen molar-refractivity contribution in [2.45, 2.75) is 12.3 Å². The van der Waals surface area contributed by atoms with Crippen molar-refractivity contribution in [2.75, 3.05) is 0 Å². The Morgan fingerprint density at radius 3 is 2.65 bits per heavy atom. The average molecular weight is 326 g/mol. The Hall–Kier alpha value is -2.85. The predicted octanol–water partition coefficient (Wildman–Crippen LogP) is 2.20. The first-order valence-electron chi connectivity index (χ1n) is 6.73. The highest BCUT2D eigenvalue weighted by Crippen LogP contribution is 2.15. The van der Waals surface area contributed by atoms with Crippen LogP contribution >= 0.6 is 11.8 Å². The Morgan fingerprint density at radius 2 is 2.00 bits per heavy atom. The van der Waals surface area contributed by atoms with Gasteiger partial charge >= 0.3 is 0 Å². The number of carbonyl (C=O) groups is 2. The number of carbonyl (C=O) groups excluding carboxylic acids is 2. The van der Waals surface area contributed by atoms with Crippen LogP contribution in [-0.2, 0) is 12.3 Å². The lowest BCUT2D eigenvalue weighted by Gasteiger charge is -2.08. The van der Waals surface area contributed by atoms with Crippen molar-refractivity contribution in [3.63, 3.8) is 0 Å². The van der Waals surface area contributed by atoms with Gasteiger partial charge in [0.15, 0.2) is 0 Å². The minimum Gasteiger partial charge on any atom is -0.361 e. The Morgan fingerprint density at radius 1 is 1.26 bits per heavy atom. The first-order chi connectivity index (χ1) is 11.1. The first kappa shape index (κ1) is 16.5. The molecule has 2 rings (SSSR count). The molecule has 1 aromatic carbocycles. The number of nitriles is 1. The fourth-order valence-electron chi connectivity index (χ4n) is 1.87. The molecule has 23 heavy (non-hydrogen) atoms. The fraction of sp³-hybridized carbons (Fsp3) is 0.125. The number of primary amides is 1. The van der Waals surface area contributed by atoms with Crippen LogP contribution in [0.1, 0.15) is 27.2 Å². The molecule has 0 aliphatic carbocycles. The van der Waals surface area contributed by atoms with Gasteiger partial charge in [-0.25, -0.2) is 0 Å². The summed E-state index contributed by atoms with van der Waals surface area (Å²) in [7, 11) is 0. The highest BCUT2D eigenvalue weighted by atomic mass is 32.2. The first-order valence-corrected chi connectivity index (χ1v) is 7.72. The molecule has 3 N–H and O–H groups in total. The molecule has 0 saturated carbocycles. The lowest BCUT2D eigenvalue weighted by Crippen LogP contribution is -2.25. The van der Waals surface area contributed by atoms with Crippen molar-refractivity contribution in [2.24, 2.45) is 5.73 Å². The third-order valence-electron chi connectivity index (χ3n) is 3.01. The molecule has 0 spiro atoms. The molecule has 0 aliphatic heterocycles. The Bertz CT molecular complexity index is 753. The number of hydrogen-bond acceptors (Lipinski definition) is 5. The van der Waals surface area contributed by atoms with E-state index in [1.54, 1.807) is 36.4 Å². The van der Waals surface area contributed by atoms with Gasteiger partial charge in [0, 0.05) is 18.5 Å². The molecule has 1 aromatic heterocycles. The van der Waals surface area contributed by atoms with E-state index in [1.807, 2.05) is 6.07 Å². The number of rotatable bonds is 5. The molecule has 0 fully saturated rings. The second-order valence-corrected chi connectivity index (χ2v) is 5.59. The molecule has 2 amide bonds. The van der Waals surface area contributed by atoms with Crippen LogP contribution in [0.3, 0.4) is 0 Å². The summed E-state index contributed by atoms with van der Waals surface area (Å²) in [5.41, 5.74) is 7.47. The molecular formula is C16H14N4O2S. The van der Waals surface area contributed by atoms with Gasteiger partial charge in [-0.15, -0.1) is 0 Å². The zero-order valence-electron chi connectivity index (χ0n) is 12.2. The SMILES string of the molecule is N#Cc1ccc(CNC(=O)c2ncccc2CSC(N)=O)cc1. The summed E-state index contributed by atoms with van der Waals surface area (Å²) in [5, 5.41) is 11.0. The van der Waals surface area contributed by atoms with Gasteiger partial charge in [-0.3, -0.25) is 14.6 Å². The van der Waals surface area contributed by atoms with Gasteiger partial charge in [0.1, 0.15) is 5.69 Å². The molecule has 0 unspecified atom stereocenters. The molecule has 116 valence electrons. The maximum absolute atomic E-state index is 12.3. The van der Waals surface area contributed by atoms with Crippen LogP contribution in [0, 0.1) is 11.3 Å². The Balaban J connectivity index is 2.02. The monoisotopic (exact) mass is 326 g/mol. The number of nitrogens with one attached hydrogen (secondary N) is 1. The molecule has 6 nitrogen and oxygen atoms in total. The third-order valence-corrected chi connectivity index (χ3v) is 3.75. The van der Waals surface area contributed by atoms with Gasteiger partial charge in [-0.2, -0.15) is 5.26 Å². The number of nitrogens with two attached hydrogens (primary N) is 1. The predicted molar refractivity (Wildman–Crippen MR) is 87.4 cm³/mol. The highest BCUT2D eigenvalue weighted by Gasteiger charge is 2.13. The van der Waals surface area contributed by atoms with Crippen LogP contribution in [-0.4, -0.2) is 16.1 Å². The quantitative estimate of drug-likeness (QED) is 0.875. The molecule has 0 atom stereocenters. The summed E-state index contributed by atoms with van der Waals surface area (Å²) in [6.45, 7) is 0.323. The minimum absolute atomic E-state index is 0.273. The molecule has 0 saturated heterocycles. The molecule has 2 aromatic rings. The van der Waals surface area contributed by atoms with Crippen LogP contribution in [0.5, 0.6) is 0 Å². The van der Waals surface area contributed by atoms with E-state index in [1.165, 1.54) is 6.20 Å². The van der Waals surface area contributed by atoms with Gasteiger partial charge < -0.3 is 11.1 Å². The van der Waals surface area contributed by atoms with Crippen molar-refractivity contribution in [3.05, 3.63) is 65.0 Å². The van der Waals surface area contributed by atoms with E-state index in [0.29, 0.717) is 23.4 Å². The molecule has 0 radical (unpaired) electrons. The minimum atomic E-state index is -0.502. The average Bonchev–Trinajstić information content (AvgIpc) is 2.58. The topological polar surface area (TPSA) is 109 Å². The van der Waals surface area contributed by atoms with Gasteiger partial charge in [-0.05, 0) is 29.3 Å². The van der Waals surface area contributed by atoms with Gasteiger partial charge in [-0.1, -0.05) is 30.0 Å². The normalized spacial score (nSPS) is 9.87. The van der Waals surface area contributed by atoms with Crippen molar-refractivity contribution < 1.29 is 9.59 Å². The van der Waals surface area contributed by atoms with E-state index >= 15 is 0 Å². The fourth-order valence-corrected chi connectivity index (χ4v) is 2.40. The van der Waals surface area contributed by atoms with Crippen molar-refractivity contribution in [1.29, 1.82) is 5.26 Å². The largest absolute Gasteiger partial charge is 0.361 e. The zero-order valence-corrected chi connectivity index (χ0v) is 13.0. The number of aromatic nitrogens is 1. The number of thioether (sulfide) groups is 1. The zero-order chi connectivity index (χ0) is 16.7. The number of hydrogen-bond donors (Lipinski definition) is 2. The summed E-state index contributed by atoms with van der Waals surface area (Å²) in [5.74, 6) is -0.0296. The van der Waals surface area contributed by atoms with E-state index in [9.17, 15) is 9.59 Å². The molecule has 1 heterocycles. The summed E-state index contributed by atoms with van der Waals surface area (Å²) in [6, 6.07) is 12.4. The highest BCUT2D eigenvalue weighted by molar-refractivity contribution is 8.12. The number of nitrogens with zero attached hydrogens (tertiary/aromatic N) is 2. The summed E-state index contributed by atoms with van der Waals surface area (Å²) in [6.07, 6.45) is 1.52. The molecule has 0 aliphatic rings. The molecule has 0 bridgehead atoms. The number of pyridine rings is 1. The van der Waals surface area contributed by atoms with Crippen molar-refractivity contribution >= 4 is 22.9 Å². The van der Waals surface area contributed by atoms with Crippen LogP contribution in [0.4, 0.5) is 4.79 Å². The maximum Gasteiger partial charge on any atom is 0.276 e. The number of amides is 2. The van der Waals surface area contributed by atoms with Gasteiger partial charge in [0.05, 0.1) is 11.6 Å². The van der Waals surface area contributed by atoms with Crippen LogP contribution < -0.4 is 11.1 Å². The second-order valence-electron chi connectivity index (χ2n) is 4.61. The van der Waals surface area contributed by atoms with Crippen LogP contribution in [0.15, 0.2) is 42.6 Å². The van der Waals surface area contributed by atoms with Crippen LogP contribution in [0.2, 0.25) is 0 Å². The smallest absolute Gasteiger partial charge is 0.276 e. The lowest BCUT2D eigenvalue weighted by atomic mass is 10.1. The summed E-state index contributed by atoms with van der Waals surface area (Å²) in [4.78, 5) is 27.2. The number of benzene rings is 1. The maximum atomic E-state index is 12.3. The van der Waals surface area contributed by atoms with Crippen LogP contribution in [0.25, 0.3) is 0 Å². The summed E-state index contributed by atoms with van der Waals surface area (Å²) < 4.78 is 0. The van der Waals surface area contributed by atoms with E-state index in [2.05, 4.69) is 10.3 Å². The Kier molecular flexibility index (Phi) is 5.72. The van der Waals surface area contributed by atoms with E-state index in [0.717, 1.165) is 17.3 Å². The van der Waals surface area contributed by atoms with Gasteiger partial charge in [0.2, 0.25) is 0 Å². The summed E-state index contributed by atoms with van der Waals surface area (Å²) >= 11 is 0.923. The van der Waals surface area contributed by atoms with E-state index in [4.69, 9.17) is 11.0 Å². The Labute approximate surface area is 137 Å². The van der Waals surface area contributed by atoms with E-state index in [-0.39, 0.29) is 11.6 Å². The molecular weight excluding hydrogens is 312 g/mol. The van der Waals surface area contributed by atoms with E-state index < -0.39 is 5.24 Å². The second kappa shape index (κ2) is 7.96. The van der Waals surface area contributed by atoms with Crippen molar-refractivity contribution in [3.8, 4) is 6.07 Å². The lowest BCUT2D eigenvalue weighted by molar-refractivity contribution is 0.0945. The molecule has 7 heteroatoms.